The van der Waals surface area contributed by atoms with E-state index in [0.29, 0.717) is 25.2 Å². The van der Waals surface area contributed by atoms with Crippen molar-refractivity contribution >= 4 is 11.7 Å². The van der Waals surface area contributed by atoms with E-state index in [1.54, 1.807) is 6.20 Å². The number of hydrogen-bond donors (Lipinski definition) is 2. The van der Waals surface area contributed by atoms with Crippen LogP contribution in [0.25, 0.3) is 11.4 Å². The molecular formula is C18H23N5O2. The monoisotopic (exact) mass is 341 g/mol. The summed E-state index contributed by atoms with van der Waals surface area (Å²) in [6, 6.07) is 5.49. The van der Waals surface area contributed by atoms with E-state index in [2.05, 4.69) is 20.3 Å². The van der Waals surface area contributed by atoms with Crippen molar-refractivity contribution in [2.45, 2.75) is 39.2 Å². The molecule has 1 aliphatic rings. The molecule has 0 aromatic carbocycles. The molecule has 1 aliphatic heterocycles. The third-order valence-corrected chi connectivity index (χ3v) is 4.39. The Bertz CT molecular complexity index is 800. The number of likely N-dealkylation sites (tertiary alicyclic amines) is 1. The quantitative estimate of drug-likeness (QED) is 0.865. The normalized spacial score (nSPS) is 16.9. The van der Waals surface area contributed by atoms with Crippen molar-refractivity contribution in [3.8, 4) is 11.4 Å². The SMILES string of the molecule is CCC(=O)N1CCC(Nc2ccc(-c3nc(CC)cc(=O)[nH]3)cn2)C1. The number of pyridine rings is 1. The van der Waals surface area contributed by atoms with Crippen LogP contribution >= 0.6 is 0 Å². The fourth-order valence-electron chi connectivity index (χ4n) is 2.98. The van der Waals surface area contributed by atoms with Gasteiger partial charge < -0.3 is 15.2 Å². The van der Waals surface area contributed by atoms with Crippen molar-refractivity contribution < 1.29 is 4.79 Å². The maximum absolute atomic E-state index is 11.7. The van der Waals surface area contributed by atoms with Crippen LogP contribution in [-0.2, 0) is 11.2 Å². The Kier molecular flexibility index (Phi) is 5.11. The molecule has 2 aromatic rings. The van der Waals surface area contributed by atoms with Gasteiger partial charge in [-0.3, -0.25) is 9.59 Å². The zero-order valence-corrected chi connectivity index (χ0v) is 14.6. The molecule has 1 atom stereocenters. The zero-order valence-electron chi connectivity index (χ0n) is 14.6. The number of aromatic amines is 1. The van der Waals surface area contributed by atoms with Crippen molar-refractivity contribution in [1.82, 2.24) is 19.9 Å². The lowest BCUT2D eigenvalue weighted by molar-refractivity contribution is -0.129. The number of aryl methyl sites for hydroxylation is 1. The highest BCUT2D eigenvalue weighted by Gasteiger charge is 2.25. The van der Waals surface area contributed by atoms with E-state index in [0.717, 1.165) is 30.0 Å². The predicted octanol–water partition coefficient (Wildman–Crippen LogP) is 1.82. The summed E-state index contributed by atoms with van der Waals surface area (Å²) >= 11 is 0. The molecule has 0 saturated carbocycles. The number of rotatable bonds is 5. The summed E-state index contributed by atoms with van der Waals surface area (Å²) < 4.78 is 0. The molecule has 1 saturated heterocycles. The second-order valence-electron chi connectivity index (χ2n) is 6.19. The van der Waals surface area contributed by atoms with Crippen molar-refractivity contribution in [1.29, 1.82) is 0 Å². The second-order valence-corrected chi connectivity index (χ2v) is 6.19. The van der Waals surface area contributed by atoms with Crippen LogP contribution in [0, 0.1) is 0 Å². The van der Waals surface area contributed by atoms with Gasteiger partial charge in [0.15, 0.2) is 0 Å². The van der Waals surface area contributed by atoms with Crippen molar-refractivity contribution in [2.24, 2.45) is 0 Å². The van der Waals surface area contributed by atoms with E-state index in [-0.39, 0.29) is 17.5 Å². The Morgan fingerprint density at radius 3 is 2.92 bits per heavy atom. The van der Waals surface area contributed by atoms with Gasteiger partial charge in [0.2, 0.25) is 5.91 Å². The number of aromatic nitrogens is 3. The van der Waals surface area contributed by atoms with Crippen LogP contribution < -0.4 is 10.9 Å². The van der Waals surface area contributed by atoms with Gasteiger partial charge in [0.25, 0.3) is 5.56 Å². The van der Waals surface area contributed by atoms with E-state index in [9.17, 15) is 9.59 Å². The summed E-state index contributed by atoms with van der Waals surface area (Å²) in [5.74, 6) is 1.48. The summed E-state index contributed by atoms with van der Waals surface area (Å²) in [4.78, 5) is 36.9. The Labute approximate surface area is 146 Å². The molecule has 2 aromatic heterocycles. The first-order valence-corrected chi connectivity index (χ1v) is 8.70. The minimum atomic E-state index is -0.157. The van der Waals surface area contributed by atoms with Gasteiger partial charge in [-0.25, -0.2) is 9.97 Å². The highest BCUT2D eigenvalue weighted by molar-refractivity contribution is 5.76. The van der Waals surface area contributed by atoms with Crippen LogP contribution in [0.15, 0.2) is 29.2 Å². The first-order valence-electron chi connectivity index (χ1n) is 8.70. The molecule has 132 valence electrons. The highest BCUT2D eigenvalue weighted by atomic mass is 16.2. The lowest BCUT2D eigenvalue weighted by Crippen LogP contribution is -2.31. The molecule has 0 aliphatic carbocycles. The molecule has 7 heteroatoms. The van der Waals surface area contributed by atoms with E-state index < -0.39 is 0 Å². The molecule has 0 bridgehead atoms. The van der Waals surface area contributed by atoms with Gasteiger partial charge in [-0.1, -0.05) is 13.8 Å². The number of carbonyl (C=O) groups is 1. The van der Waals surface area contributed by atoms with Crippen LogP contribution in [0.3, 0.4) is 0 Å². The first-order chi connectivity index (χ1) is 12.1. The molecular weight excluding hydrogens is 318 g/mol. The topological polar surface area (TPSA) is 91.0 Å². The van der Waals surface area contributed by atoms with Gasteiger partial charge in [-0.05, 0) is 25.0 Å². The van der Waals surface area contributed by atoms with Crippen LogP contribution in [-0.4, -0.2) is 44.9 Å². The number of nitrogens with zero attached hydrogens (tertiary/aromatic N) is 3. The van der Waals surface area contributed by atoms with Crippen LogP contribution in [0.2, 0.25) is 0 Å². The first kappa shape index (κ1) is 17.1. The van der Waals surface area contributed by atoms with Gasteiger partial charge in [0.05, 0.1) is 0 Å². The standard InChI is InChI=1S/C18H23N5O2/c1-3-13-9-16(24)22-18(21-13)12-5-6-15(19-10-12)20-14-7-8-23(11-14)17(25)4-2/h5-6,9-10,14H,3-4,7-8,11H2,1-2H3,(H,19,20)(H,21,22,24). The van der Waals surface area contributed by atoms with Gasteiger partial charge >= 0.3 is 0 Å². The molecule has 3 heterocycles. The Balaban J connectivity index is 1.68. The molecule has 1 fully saturated rings. The van der Waals surface area contributed by atoms with Gasteiger partial charge in [0.1, 0.15) is 11.6 Å². The molecule has 3 rings (SSSR count). The second kappa shape index (κ2) is 7.46. The number of hydrogen-bond acceptors (Lipinski definition) is 5. The van der Waals surface area contributed by atoms with Gasteiger partial charge in [0, 0.05) is 49.1 Å². The minimum absolute atomic E-state index is 0.157. The fourth-order valence-corrected chi connectivity index (χ4v) is 2.98. The van der Waals surface area contributed by atoms with E-state index >= 15 is 0 Å². The van der Waals surface area contributed by atoms with E-state index in [1.165, 1.54) is 6.07 Å². The fraction of sp³-hybridized carbons (Fsp3) is 0.444. The van der Waals surface area contributed by atoms with Crippen LogP contribution in [0.1, 0.15) is 32.4 Å². The molecule has 2 N–H and O–H groups in total. The predicted molar refractivity (Wildman–Crippen MR) is 96.4 cm³/mol. The Morgan fingerprint density at radius 1 is 1.40 bits per heavy atom. The number of carbonyl (C=O) groups excluding carboxylic acids is 1. The maximum Gasteiger partial charge on any atom is 0.251 e. The van der Waals surface area contributed by atoms with Crippen molar-refractivity contribution in [2.75, 3.05) is 18.4 Å². The molecule has 0 spiro atoms. The lowest BCUT2D eigenvalue weighted by Gasteiger charge is -2.16. The minimum Gasteiger partial charge on any atom is -0.365 e. The summed E-state index contributed by atoms with van der Waals surface area (Å²) in [5.41, 5.74) is 1.37. The molecule has 1 unspecified atom stereocenters. The average Bonchev–Trinajstić information content (AvgIpc) is 3.09. The molecule has 1 amide bonds. The maximum atomic E-state index is 11.7. The summed E-state index contributed by atoms with van der Waals surface area (Å²) in [6.07, 6.45) is 3.87. The third kappa shape index (κ3) is 4.04. The number of H-pyrrole nitrogens is 1. The zero-order chi connectivity index (χ0) is 17.8. The summed E-state index contributed by atoms with van der Waals surface area (Å²) in [7, 11) is 0. The van der Waals surface area contributed by atoms with Crippen LogP contribution in [0.4, 0.5) is 5.82 Å². The number of anilines is 1. The third-order valence-electron chi connectivity index (χ3n) is 4.39. The Morgan fingerprint density at radius 2 is 2.24 bits per heavy atom. The average molecular weight is 341 g/mol. The lowest BCUT2D eigenvalue weighted by atomic mass is 10.2. The molecule has 0 radical (unpaired) electrons. The summed E-state index contributed by atoms with van der Waals surface area (Å²) in [6.45, 7) is 5.35. The van der Waals surface area contributed by atoms with Gasteiger partial charge in [-0.15, -0.1) is 0 Å². The summed E-state index contributed by atoms with van der Waals surface area (Å²) in [5, 5.41) is 3.37. The van der Waals surface area contributed by atoms with Crippen molar-refractivity contribution in [3.05, 3.63) is 40.4 Å². The van der Waals surface area contributed by atoms with E-state index in [1.807, 2.05) is 30.9 Å². The van der Waals surface area contributed by atoms with Crippen LogP contribution in [0.5, 0.6) is 0 Å². The van der Waals surface area contributed by atoms with Gasteiger partial charge in [-0.2, -0.15) is 0 Å². The highest BCUT2D eigenvalue weighted by Crippen LogP contribution is 2.18. The smallest absolute Gasteiger partial charge is 0.251 e. The molecule has 7 nitrogen and oxygen atoms in total. The largest absolute Gasteiger partial charge is 0.365 e. The number of nitrogens with one attached hydrogen (secondary N) is 2. The number of amides is 1. The van der Waals surface area contributed by atoms with E-state index in [4.69, 9.17) is 0 Å². The molecule has 25 heavy (non-hydrogen) atoms. The van der Waals surface area contributed by atoms with Crippen molar-refractivity contribution in [3.63, 3.8) is 0 Å². The Hall–Kier alpha value is -2.70.